The third-order valence-corrected chi connectivity index (χ3v) is 2.03. The molecule has 0 saturated heterocycles. The highest BCUT2D eigenvalue weighted by atomic mass is 16.1. The van der Waals surface area contributed by atoms with Gasteiger partial charge in [0.25, 0.3) is 0 Å². The number of aromatic nitrogens is 4. The van der Waals surface area contributed by atoms with Gasteiger partial charge < -0.3 is 4.57 Å². The molecule has 0 aromatic carbocycles. The van der Waals surface area contributed by atoms with E-state index >= 15 is 0 Å². The molecule has 0 unspecified atom stereocenters. The molecule has 0 bridgehead atoms. The van der Waals surface area contributed by atoms with E-state index in [0.29, 0.717) is 5.69 Å². The van der Waals surface area contributed by atoms with Crippen LogP contribution in [0, 0.1) is 0 Å². The molecule has 0 aliphatic rings. The highest BCUT2D eigenvalue weighted by Crippen LogP contribution is 1.99. The quantitative estimate of drug-likeness (QED) is 0.663. The van der Waals surface area contributed by atoms with Crippen molar-refractivity contribution in [3.63, 3.8) is 0 Å². The van der Waals surface area contributed by atoms with Crippen molar-refractivity contribution in [2.45, 2.75) is 13.1 Å². The lowest BCUT2D eigenvalue weighted by molar-refractivity contribution is 0.111. The topological polar surface area (TPSA) is 52.7 Å². The first-order valence-corrected chi connectivity index (χ1v) is 4.34. The molecule has 0 amide bonds. The van der Waals surface area contributed by atoms with Crippen LogP contribution in [0.3, 0.4) is 0 Å². The lowest BCUT2D eigenvalue weighted by Gasteiger charge is -2.04. The molecule has 0 spiro atoms. The van der Waals surface area contributed by atoms with Gasteiger partial charge >= 0.3 is 0 Å². The normalized spacial score (nSPS) is 10.3. The molecule has 5 heteroatoms. The van der Waals surface area contributed by atoms with Crippen molar-refractivity contribution in [3.05, 3.63) is 36.4 Å². The molecule has 2 aromatic rings. The standard InChI is InChI=1S/C9H10N4O/c14-8-9-2-1-4-12(9)6-7-13-5-3-10-11-13/h1-5,8H,6-7H2. The summed E-state index contributed by atoms with van der Waals surface area (Å²) in [6.45, 7) is 1.44. The van der Waals surface area contributed by atoms with Gasteiger partial charge in [-0.05, 0) is 12.1 Å². The second kappa shape index (κ2) is 3.87. The molecule has 2 rings (SSSR count). The number of carbonyl (C=O) groups is 1. The number of nitrogens with zero attached hydrogens (tertiary/aromatic N) is 4. The number of rotatable bonds is 4. The van der Waals surface area contributed by atoms with Crippen molar-refractivity contribution >= 4 is 6.29 Å². The van der Waals surface area contributed by atoms with E-state index in [1.165, 1.54) is 0 Å². The molecular formula is C9H10N4O. The van der Waals surface area contributed by atoms with Crippen LogP contribution in [0.5, 0.6) is 0 Å². The molecule has 2 aromatic heterocycles. The highest BCUT2D eigenvalue weighted by Gasteiger charge is 1.98. The Kier molecular flexibility index (Phi) is 2.40. The van der Waals surface area contributed by atoms with E-state index in [0.717, 1.165) is 19.4 Å². The van der Waals surface area contributed by atoms with Gasteiger partial charge in [-0.25, -0.2) is 0 Å². The molecule has 72 valence electrons. The van der Waals surface area contributed by atoms with Crippen molar-refractivity contribution in [1.29, 1.82) is 0 Å². The Balaban J connectivity index is 2.01. The fourth-order valence-electron chi connectivity index (χ4n) is 1.30. The number of hydrogen-bond acceptors (Lipinski definition) is 3. The predicted molar refractivity (Wildman–Crippen MR) is 49.8 cm³/mol. The molecule has 0 aliphatic heterocycles. The first kappa shape index (κ1) is 8.68. The average Bonchev–Trinajstić information content (AvgIpc) is 2.85. The molecule has 0 aliphatic carbocycles. The number of hydrogen-bond donors (Lipinski definition) is 0. The summed E-state index contributed by atoms with van der Waals surface area (Å²) in [4.78, 5) is 10.6. The Morgan fingerprint density at radius 1 is 1.36 bits per heavy atom. The Morgan fingerprint density at radius 2 is 2.29 bits per heavy atom. The van der Waals surface area contributed by atoms with Gasteiger partial charge in [0, 0.05) is 18.9 Å². The van der Waals surface area contributed by atoms with Gasteiger partial charge in [0.05, 0.1) is 18.4 Å². The van der Waals surface area contributed by atoms with Crippen LogP contribution in [0.25, 0.3) is 0 Å². The van der Waals surface area contributed by atoms with Crippen LogP contribution >= 0.6 is 0 Å². The van der Waals surface area contributed by atoms with Gasteiger partial charge in [0.1, 0.15) is 0 Å². The van der Waals surface area contributed by atoms with Gasteiger partial charge in [0.2, 0.25) is 0 Å². The van der Waals surface area contributed by atoms with E-state index < -0.39 is 0 Å². The Bertz CT molecular complexity index is 404. The largest absolute Gasteiger partial charge is 0.343 e. The van der Waals surface area contributed by atoms with Gasteiger partial charge in [0.15, 0.2) is 6.29 Å². The summed E-state index contributed by atoms with van der Waals surface area (Å²) in [6.07, 6.45) is 6.16. The van der Waals surface area contributed by atoms with Crippen LogP contribution in [-0.2, 0) is 13.1 Å². The fraction of sp³-hybridized carbons (Fsp3) is 0.222. The third kappa shape index (κ3) is 1.71. The summed E-state index contributed by atoms with van der Waals surface area (Å²) in [7, 11) is 0. The minimum atomic E-state index is 0.685. The Morgan fingerprint density at radius 3 is 3.00 bits per heavy atom. The average molecular weight is 190 g/mol. The zero-order valence-corrected chi connectivity index (χ0v) is 7.58. The van der Waals surface area contributed by atoms with Crippen LogP contribution in [0.4, 0.5) is 0 Å². The van der Waals surface area contributed by atoms with Gasteiger partial charge in [-0.15, -0.1) is 5.10 Å². The van der Waals surface area contributed by atoms with Gasteiger partial charge in [-0.2, -0.15) is 0 Å². The third-order valence-electron chi connectivity index (χ3n) is 2.03. The molecule has 0 saturated carbocycles. The Labute approximate surface area is 81.0 Å². The molecule has 5 nitrogen and oxygen atoms in total. The van der Waals surface area contributed by atoms with E-state index in [4.69, 9.17) is 0 Å². The maximum absolute atomic E-state index is 10.6. The van der Waals surface area contributed by atoms with Gasteiger partial charge in [-0.3, -0.25) is 9.48 Å². The maximum atomic E-state index is 10.6. The first-order valence-electron chi connectivity index (χ1n) is 4.34. The van der Waals surface area contributed by atoms with Crippen LogP contribution in [0.2, 0.25) is 0 Å². The highest BCUT2D eigenvalue weighted by molar-refractivity contribution is 5.72. The van der Waals surface area contributed by atoms with E-state index in [9.17, 15) is 4.79 Å². The van der Waals surface area contributed by atoms with Crippen molar-refractivity contribution in [2.75, 3.05) is 0 Å². The molecule has 0 radical (unpaired) electrons. The van der Waals surface area contributed by atoms with E-state index in [1.807, 2.05) is 16.8 Å². The summed E-state index contributed by atoms with van der Waals surface area (Å²) in [5.41, 5.74) is 0.685. The smallest absolute Gasteiger partial charge is 0.166 e. The van der Waals surface area contributed by atoms with Crippen LogP contribution < -0.4 is 0 Å². The molecule has 0 atom stereocenters. The molecule has 2 heterocycles. The predicted octanol–water partition coefficient (Wildman–Crippen LogP) is 0.592. The van der Waals surface area contributed by atoms with Crippen LogP contribution in [0.15, 0.2) is 30.7 Å². The molecule has 0 N–H and O–H groups in total. The van der Waals surface area contributed by atoms with E-state index in [1.54, 1.807) is 23.1 Å². The number of aryl methyl sites for hydroxylation is 2. The van der Waals surface area contributed by atoms with Crippen molar-refractivity contribution in [3.8, 4) is 0 Å². The summed E-state index contributed by atoms with van der Waals surface area (Å²) in [5, 5.41) is 7.54. The van der Waals surface area contributed by atoms with Crippen molar-refractivity contribution < 1.29 is 4.79 Å². The van der Waals surface area contributed by atoms with Gasteiger partial charge in [-0.1, -0.05) is 5.21 Å². The zero-order valence-electron chi connectivity index (χ0n) is 7.58. The van der Waals surface area contributed by atoms with Crippen molar-refractivity contribution in [2.24, 2.45) is 0 Å². The second-order valence-corrected chi connectivity index (χ2v) is 2.91. The molecular weight excluding hydrogens is 180 g/mol. The van der Waals surface area contributed by atoms with E-state index in [-0.39, 0.29) is 0 Å². The zero-order chi connectivity index (χ0) is 9.80. The van der Waals surface area contributed by atoms with Crippen molar-refractivity contribution in [1.82, 2.24) is 19.6 Å². The SMILES string of the molecule is O=Cc1cccn1CCn1ccnn1. The summed E-state index contributed by atoms with van der Waals surface area (Å²) in [6, 6.07) is 3.64. The minimum Gasteiger partial charge on any atom is -0.343 e. The Hall–Kier alpha value is -1.91. The number of aldehydes is 1. The second-order valence-electron chi connectivity index (χ2n) is 2.91. The van der Waals surface area contributed by atoms with Crippen LogP contribution in [-0.4, -0.2) is 25.8 Å². The lowest BCUT2D eigenvalue weighted by atomic mass is 10.4. The summed E-state index contributed by atoms with van der Waals surface area (Å²) < 4.78 is 3.61. The van der Waals surface area contributed by atoms with E-state index in [2.05, 4.69) is 10.3 Å². The maximum Gasteiger partial charge on any atom is 0.166 e. The molecule has 0 fully saturated rings. The fourth-order valence-corrected chi connectivity index (χ4v) is 1.30. The first-order chi connectivity index (χ1) is 6.90. The molecule has 14 heavy (non-hydrogen) atoms. The summed E-state index contributed by atoms with van der Waals surface area (Å²) >= 11 is 0. The van der Waals surface area contributed by atoms with Crippen LogP contribution in [0.1, 0.15) is 10.5 Å². The number of carbonyl (C=O) groups excluding carboxylic acids is 1. The summed E-state index contributed by atoms with van der Waals surface area (Å²) in [5.74, 6) is 0. The minimum absolute atomic E-state index is 0.685. The lowest BCUT2D eigenvalue weighted by Crippen LogP contribution is -2.09. The monoisotopic (exact) mass is 190 g/mol.